The maximum Gasteiger partial charge on any atom is 0.0879 e. The highest BCUT2D eigenvalue weighted by molar-refractivity contribution is 6.31. The van der Waals surface area contributed by atoms with Crippen molar-refractivity contribution in [2.75, 3.05) is 0 Å². The summed E-state index contributed by atoms with van der Waals surface area (Å²) < 4.78 is 3.45. The van der Waals surface area contributed by atoms with E-state index in [1.54, 1.807) is 9.36 Å². The van der Waals surface area contributed by atoms with Gasteiger partial charge in [0.15, 0.2) is 0 Å². The molecule has 1 atom stereocenters. The molecule has 0 bridgehead atoms. The fourth-order valence-electron chi connectivity index (χ4n) is 2.30. The number of aliphatic hydroxyl groups excluding tert-OH is 1. The van der Waals surface area contributed by atoms with Crippen molar-refractivity contribution < 1.29 is 5.11 Å². The highest BCUT2D eigenvalue weighted by Crippen LogP contribution is 2.26. The van der Waals surface area contributed by atoms with Crippen molar-refractivity contribution in [1.29, 1.82) is 0 Å². The molecule has 0 radical (unpaired) electrons. The van der Waals surface area contributed by atoms with Gasteiger partial charge in [-0.3, -0.25) is 9.36 Å². The van der Waals surface area contributed by atoms with Gasteiger partial charge in [-0.2, -0.15) is 10.2 Å². The van der Waals surface area contributed by atoms with Crippen molar-refractivity contribution >= 4 is 11.6 Å². The monoisotopic (exact) mass is 282 g/mol. The van der Waals surface area contributed by atoms with Crippen molar-refractivity contribution in [2.24, 2.45) is 14.1 Å². The van der Waals surface area contributed by atoms with Gasteiger partial charge < -0.3 is 5.11 Å². The maximum atomic E-state index is 10.4. The molecule has 1 unspecified atom stereocenters. The van der Waals surface area contributed by atoms with Crippen LogP contribution in [0.15, 0.2) is 6.20 Å². The molecular formula is C13H19ClN4O. The van der Waals surface area contributed by atoms with Gasteiger partial charge in [0.25, 0.3) is 0 Å². The van der Waals surface area contributed by atoms with Crippen LogP contribution in [0.5, 0.6) is 0 Å². The lowest BCUT2D eigenvalue weighted by atomic mass is 10.0. The molecule has 0 amide bonds. The van der Waals surface area contributed by atoms with Crippen molar-refractivity contribution in [2.45, 2.75) is 32.8 Å². The molecule has 0 fully saturated rings. The number of aromatic nitrogens is 4. The molecular weight excluding hydrogens is 264 g/mol. The molecule has 0 spiro atoms. The minimum Gasteiger partial charge on any atom is -0.388 e. The average Bonchev–Trinajstić information content (AvgIpc) is 2.85. The fraction of sp³-hybridized carbons (Fsp3) is 0.538. The third kappa shape index (κ3) is 2.67. The zero-order valence-corrected chi connectivity index (χ0v) is 12.4. The Labute approximate surface area is 117 Å². The van der Waals surface area contributed by atoms with Crippen molar-refractivity contribution in [3.05, 3.63) is 33.9 Å². The van der Waals surface area contributed by atoms with Gasteiger partial charge in [0.1, 0.15) is 0 Å². The molecule has 0 saturated carbocycles. The molecule has 1 N–H and O–H groups in total. The number of nitrogens with zero attached hydrogens (tertiary/aromatic N) is 4. The summed E-state index contributed by atoms with van der Waals surface area (Å²) in [5.74, 6) is 0. The van der Waals surface area contributed by atoms with E-state index >= 15 is 0 Å². The van der Waals surface area contributed by atoms with Crippen LogP contribution in [0.4, 0.5) is 0 Å². The van der Waals surface area contributed by atoms with E-state index in [1.165, 1.54) is 0 Å². The lowest BCUT2D eigenvalue weighted by molar-refractivity contribution is 0.174. The van der Waals surface area contributed by atoms with E-state index in [9.17, 15) is 5.11 Å². The van der Waals surface area contributed by atoms with Crippen LogP contribution in [0.2, 0.25) is 5.02 Å². The normalized spacial score (nSPS) is 12.9. The minimum absolute atomic E-state index is 0.439. The van der Waals surface area contributed by atoms with E-state index in [-0.39, 0.29) is 0 Å². The first-order valence-electron chi connectivity index (χ1n) is 6.32. The van der Waals surface area contributed by atoms with Crippen LogP contribution in [-0.4, -0.2) is 24.7 Å². The second kappa shape index (κ2) is 5.35. The van der Waals surface area contributed by atoms with Crippen LogP contribution in [0.25, 0.3) is 0 Å². The number of hydrogen-bond acceptors (Lipinski definition) is 3. The fourth-order valence-corrected chi connectivity index (χ4v) is 2.54. The van der Waals surface area contributed by atoms with Crippen LogP contribution in [0.1, 0.15) is 35.7 Å². The summed E-state index contributed by atoms with van der Waals surface area (Å²) in [7, 11) is 3.70. The summed E-state index contributed by atoms with van der Waals surface area (Å²) in [5.41, 5.74) is 3.41. The van der Waals surface area contributed by atoms with Gasteiger partial charge in [-0.05, 0) is 13.3 Å². The number of rotatable bonds is 4. The van der Waals surface area contributed by atoms with E-state index in [1.807, 2.05) is 34.1 Å². The van der Waals surface area contributed by atoms with Crippen LogP contribution >= 0.6 is 11.6 Å². The van der Waals surface area contributed by atoms with Gasteiger partial charge in [-0.15, -0.1) is 0 Å². The Hall–Kier alpha value is -1.33. The smallest absolute Gasteiger partial charge is 0.0879 e. The quantitative estimate of drug-likeness (QED) is 0.933. The summed E-state index contributed by atoms with van der Waals surface area (Å²) in [6.45, 7) is 3.89. The summed E-state index contributed by atoms with van der Waals surface area (Å²) in [4.78, 5) is 0. The van der Waals surface area contributed by atoms with Crippen LogP contribution in [0.3, 0.4) is 0 Å². The Morgan fingerprint density at radius 2 is 2.05 bits per heavy atom. The third-order valence-electron chi connectivity index (χ3n) is 3.28. The van der Waals surface area contributed by atoms with Crippen molar-refractivity contribution in [1.82, 2.24) is 19.6 Å². The predicted molar refractivity (Wildman–Crippen MR) is 74.2 cm³/mol. The number of aryl methyl sites for hydroxylation is 4. The molecule has 0 aliphatic rings. The molecule has 0 aliphatic heterocycles. The minimum atomic E-state index is -0.615. The van der Waals surface area contributed by atoms with E-state index in [2.05, 4.69) is 10.2 Å². The molecule has 2 aromatic heterocycles. The highest BCUT2D eigenvalue weighted by Gasteiger charge is 2.20. The third-order valence-corrected chi connectivity index (χ3v) is 3.77. The molecule has 19 heavy (non-hydrogen) atoms. The largest absolute Gasteiger partial charge is 0.388 e. The lowest BCUT2D eigenvalue weighted by Crippen LogP contribution is -2.08. The van der Waals surface area contributed by atoms with Gasteiger partial charge in [0.2, 0.25) is 0 Å². The Morgan fingerprint density at radius 3 is 2.58 bits per heavy atom. The first-order valence-corrected chi connectivity index (χ1v) is 6.70. The molecule has 2 heterocycles. The maximum absolute atomic E-state index is 10.4. The first-order chi connectivity index (χ1) is 8.93. The number of aliphatic hydroxyl groups is 1. The molecule has 104 valence electrons. The summed E-state index contributed by atoms with van der Waals surface area (Å²) >= 11 is 6.21. The average molecular weight is 283 g/mol. The Balaban J connectivity index is 2.27. The molecule has 2 rings (SSSR count). The van der Waals surface area contributed by atoms with Crippen LogP contribution in [0, 0.1) is 6.92 Å². The van der Waals surface area contributed by atoms with Crippen LogP contribution in [-0.2, 0) is 26.9 Å². The molecule has 5 nitrogen and oxygen atoms in total. The second-order valence-electron chi connectivity index (χ2n) is 4.75. The molecule has 0 aromatic carbocycles. The van der Waals surface area contributed by atoms with Gasteiger partial charge in [-0.1, -0.05) is 18.5 Å². The molecule has 0 saturated heterocycles. The molecule has 0 aliphatic carbocycles. The zero-order chi connectivity index (χ0) is 14.2. The zero-order valence-electron chi connectivity index (χ0n) is 11.7. The van der Waals surface area contributed by atoms with E-state index in [0.717, 1.165) is 29.1 Å². The summed E-state index contributed by atoms with van der Waals surface area (Å²) in [6, 6.07) is 0. The van der Waals surface area contributed by atoms with Gasteiger partial charge in [0, 0.05) is 32.3 Å². The van der Waals surface area contributed by atoms with Crippen molar-refractivity contribution in [3.63, 3.8) is 0 Å². The Bertz CT molecular complexity index is 588. The predicted octanol–water partition coefficient (Wildman–Crippen LogP) is 1.95. The van der Waals surface area contributed by atoms with E-state index < -0.39 is 6.10 Å². The van der Waals surface area contributed by atoms with E-state index in [0.29, 0.717) is 11.4 Å². The molecule has 2 aromatic rings. The number of hydrogen-bond donors (Lipinski definition) is 1. The summed E-state index contributed by atoms with van der Waals surface area (Å²) in [6.07, 6.45) is 2.48. The van der Waals surface area contributed by atoms with Gasteiger partial charge in [-0.25, -0.2) is 0 Å². The second-order valence-corrected chi connectivity index (χ2v) is 5.13. The number of halogens is 1. The SMILES string of the molecule is CCc1nn(C)cc1C(O)Cc1c(Cl)c(C)nn1C. The topological polar surface area (TPSA) is 55.9 Å². The molecule has 6 heteroatoms. The van der Waals surface area contributed by atoms with Gasteiger partial charge >= 0.3 is 0 Å². The Morgan fingerprint density at radius 1 is 1.37 bits per heavy atom. The van der Waals surface area contributed by atoms with Crippen LogP contribution < -0.4 is 0 Å². The standard InChI is InChI=1S/C13H19ClN4O/c1-5-10-9(7-17(3)16-10)12(19)6-11-13(14)8(2)15-18(11)4/h7,12,19H,5-6H2,1-4H3. The van der Waals surface area contributed by atoms with E-state index in [4.69, 9.17) is 11.6 Å². The summed E-state index contributed by atoms with van der Waals surface area (Å²) in [5, 5.41) is 19.6. The van der Waals surface area contributed by atoms with Crippen molar-refractivity contribution in [3.8, 4) is 0 Å². The highest BCUT2D eigenvalue weighted by atomic mass is 35.5. The Kier molecular flexibility index (Phi) is 3.96. The lowest BCUT2D eigenvalue weighted by Gasteiger charge is -2.11. The van der Waals surface area contributed by atoms with Gasteiger partial charge in [0.05, 0.1) is 28.2 Å². The first kappa shape index (κ1) is 14.1.